The Hall–Kier alpha value is -3.28. The van der Waals surface area contributed by atoms with E-state index in [1.807, 2.05) is 48.7 Å². The van der Waals surface area contributed by atoms with Crippen molar-refractivity contribution in [3.8, 4) is 11.4 Å². The van der Waals surface area contributed by atoms with Crippen LogP contribution >= 0.6 is 0 Å². The van der Waals surface area contributed by atoms with Gasteiger partial charge in [-0.2, -0.15) is 5.10 Å². The van der Waals surface area contributed by atoms with Gasteiger partial charge < -0.3 is 15.4 Å². The SMILES string of the molecule is COc1ccccc1NC(=O)NCc1cnn(-c2ccccc2)c1. The molecule has 2 amide bonds. The van der Waals surface area contributed by atoms with Crippen molar-refractivity contribution in [2.45, 2.75) is 6.54 Å². The minimum absolute atomic E-state index is 0.299. The summed E-state index contributed by atoms with van der Waals surface area (Å²) in [5.41, 5.74) is 2.51. The van der Waals surface area contributed by atoms with Crippen LogP contribution in [0.1, 0.15) is 5.56 Å². The highest BCUT2D eigenvalue weighted by molar-refractivity contribution is 5.90. The summed E-state index contributed by atoms with van der Waals surface area (Å²) in [4.78, 5) is 12.0. The number of carbonyl (C=O) groups is 1. The highest BCUT2D eigenvalue weighted by atomic mass is 16.5. The molecule has 122 valence electrons. The van der Waals surface area contributed by atoms with Crippen molar-refractivity contribution >= 4 is 11.7 Å². The number of nitrogens with one attached hydrogen (secondary N) is 2. The Morgan fingerprint density at radius 2 is 1.88 bits per heavy atom. The van der Waals surface area contributed by atoms with E-state index < -0.39 is 0 Å². The van der Waals surface area contributed by atoms with Crippen LogP contribution in [0.5, 0.6) is 5.75 Å². The van der Waals surface area contributed by atoms with E-state index in [0.717, 1.165) is 11.3 Å². The van der Waals surface area contributed by atoms with Gasteiger partial charge in [0.05, 0.1) is 24.7 Å². The third kappa shape index (κ3) is 3.73. The van der Waals surface area contributed by atoms with Gasteiger partial charge in [0.1, 0.15) is 5.75 Å². The topological polar surface area (TPSA) is 68.2 Å². The second kappa shape index (κ2) is 7.32. The molecule has 6 heteroatoms. The number of rotatable bonds is 5. The minimum atomic E-state index is -0.299. The van der Waals surface area contributed by atoms with Crippen LogP contribution < -0.4 is 15.4 Å². The lowest BCUT2D eigenvalue weighted by atomic mass is 10.3. The number of aromatic nitrogens is 2. The number of ether oxygens (including phenoxy) is 1. The van der Waals surface area contributed by atoms with Crippen molar-refractivity contribution in [3.05, 3.63) is 72.6 Å². The molecule has 2 aromatic carbocycles. The fourth-order valence-electron chi connectivity index (χ4n) is 2.27. The number of anilines is 1. The van der Waals surface area contributed by atoms with E-state index in [1.54, 1.807) is 30.1 Å². The molecule has 0 aliphatic rings. The average molecular weight is 322 g/mol. The number of para-hydroxylation sites is 3. The second-order valence-corrected chi connectivity index (χ2v) is 5.14. The van der Waals surface area contributed by atoms with Gasteiger partial charge in [-0.25, -0.2) is 9.48 Å². The molecule has 0 aliphatic carbocycles. The van der Waals surface area contributed by atoms with Crippen molar-refractivity contribution in [1.82, 2.24) is 15.1 Å². The van der Waals surface area contributed by atoms with E-state index in [2.05, 4.69) is 15.7 Å². The number of nitrogens with zero attached hydrogens (tertiary/aromatic N) is 2. The van der Waals surface area contributed by atoms with Gasteiger partial charge in [-0.05, 0) is 24.3 Å². The van der Waals surface area contributed by atoms with Crippen LogP contribution in [0.4, 0.5) is 10.5 Å². The van der Waals surface area contributed by atoms with E-state index in [-0.39, 0.29) is 6.03 Å². The standard InChI is InChI=1S/C18H18N4O2/c1-24-17-10-6-5-9-16(17)21-18(23)19-11-14-12-20-22(13-14)15-7-3-2-4-8-15/h2-10,12-13H,11H2,1H3,(H2,19,21,23). The van der Waals surface area contributed by atoms with Gasteiger partial charge in [0.15, 0.2) is 0 Å². The fourth-order valence-corrected chi connectivity index (χ4v) is 2.27. The molecular formula is C18H18N4O2. The average Bonchev–Trinajstić information content (AvgIpc) is 3.10. The van der Waals surface area contributed by atoms with Crippen LogP contribution in [0, 0.1) is 0 Å². The molecule has 0 spiro atoms. The number of urea groups is 1. The monoisotopic (exact) mass is 322 g/mol. The highest BCUT2D eigenvalue weighted by Gasteiger charge is 2.07. The van der Waals surface area contributed by atoms with Gasteiger partial charge in [-0.3, -0.25) is 0 Å². The summed E-state index contributed by atoms with van der Waals surface area (Å²) in [6, 6.07) is 16.8. The first kappa shape index (κ1) is 15.6. The smallest absolute Gasteiger partial charge is 0.319 e. The predicted molar refractivity (Wildman–Crippen MR) is 92.4 cm³/mol. The Bertz CT molecular complexity index is 815. The Morgan fingerprint density at radius 3 is 2.67 bits per heavy atom. The first-order valence-corrected chi connectivity index (χ1v) is 7.53. The Labute approximate surface area is 140 Å². The Kier molecular flexibility index (Phi) is 4.76. The number of methoxy groups -OCH3 is 1. The largest absolute Gasteiger partial charge is 0.495 e. The molecule has 1 heterocycles. The number of amides is 2. The van der Waals surface area contributed by atoms with Crippen molar-refractivity contribution in [2.75, 3.05) is 12.4 Å². The molecular weight excluding hydrogens is 304 g/mol. The van der Waals surface area contributed by atoms with Gasteiger partial charge in [0.2, 0.25) is 0 Å². The molecule has 24 heavy (non-hydrogen) atoms. The zero-order valence-corrected chi connectivity index (χ0v) is 13.3. The third-order valence-electron chi connectivity index (χ3n) is 3.47. The van der Waals surface area contributed by atoms with Crippen LogP contribution in [0.2, 0.25) is 0 Å². The summed E-state index contributed by atoms with van der Waals surface area (Å²) in [5.74, 6) is 0.615. The molecule has 1 aromatic heterocycles. The zero-order valence-electron chi connectivity index (χ0n) is 13.3. The fraction of sp³-hybridized carbons (Fsp3) is 0.111. The normalized spacial score (nSPS) is 10.2. The molecule has 0 unspecified atom stereocenters. The molecule has 0 aliphatic heterocycles. The van der Waals surface area contributed by atoms with Gasteiger partial charge in [-0.15, -0.1) is 0 Å². The van der Waals surface area contributed by atoms with E-state index in [1.165, 1.54) is 0 Å². The summed E-state index contributed by atoms with van der Waals surface area (Å²) >= 11 is 0. The molecule has 3 rings (SSSR count). The van der Waals surface area contributed by atoms with E-state index in [0.29, 0.717) is 18.0 Å². The lowest BCUT2D eigenvalue weighted by Gasteiger charge is -2.10. The van der Waals surface area contributed by atoms with Crippen molar-refractivity contribution in [3.63, 3.8) is 0 Å². The summed E-state index contributed by atoms with van der Waals surface area (Å²) in [6.45, 7) is 0.383. The van der Waals surface area contributed by atoms with E-state index in [9.17, 15) is 4.79 Å². The van der Waals surface area contributed by atoms with Gasteiger partial charge in [-0.1, -0.05) is 30.3 Å². The lowest BCUT2D eigenvalue weighted by Crippen LogP contribution is -2.28. The summed E-state index contributed by atoms with van der Waals surface area (Å²) in [7, 11) is 1.57. The first-order valence-electron chi connectivity index (χ1n) is 7.53. The van der Waals surface area contributed by atoms with Crippen LogP contribution in [-0.2, 0) is 6.54 Å². The lowest BCUT2D eigenvalue weighted by molar-refractivity contribution is 0.251. The molecule has 3 aromatic rings. The van der Waals surface area contributed by atoms with Crippen molar-refractivity contribution < 1.29 is 9.53 Å². The Morgan fingerprint density at radius 1 is 1.12 bits per heavy atom. The Balaban J connectivity index is 1.58. The minimum Gasteiger partial charge on any atom is -0.495 e. The molecule has 6 nitrogen and oxygen atoms in total. The van der Waals surface area contributed by atoms with Crippen molar-refractivity contribution in [2.24, 2.45) is 0 Å². The van der Waals surface area contributed by atoms with E-state index in [4.69, 9.17) is 4.74 Å². The first-order chi connectivity index (χ1) is 11.8. The van der Waals surface area contributed by atoms with Crippen LogP contribution in [-0.4, -0.2) is 22.9 Å². The van der Waals surface area contributed by atoms with Gasteiger partial charge in [0.25, 0.3) is 0 Å². The molecule has 0 fully saturated rings. The number of hydrogen-bond donors (Lipinski definition) is 2. The molecule has 0 saturated heterocycles. The number of hydrogen-bond acceptors (Lipinski definition) is 3. The van der Waals surface area contributed by atoms with Crippen LogP contribution in [0.15, 0.2) is 67.0 Å². The maximum atomic E-state index is 12.0. The summed E-state index contributed by atoms with van der Waals surface area (Å²) in [6.07, 6.45) is 3.62. The molecule has 0 atom stereocenters. The molecule has 0 saturated carbocycles. The molecule has 0 radical (unpaired) electrons. The van der Waals surface area contributed by atoms with E-state index >= 15 is 0 Å². The quantitative estimate of drug-likeness (QED) is 0.758. The third-order valence-corrected chi connectivity index (χ3v) is 3.47. The summed E-state index contributed by atoms with van der Waals surface area (Å²) < 4.78 is 6.98. The number of carbonyl (C=O) groups excluding carboxylic acids is 1. The zero-order chi connectivity index (χ0) is 16.8. The van der Waals surface area contributed by atoms with Gasteiger partial charge >= 0.3 is 6.03 Å². The molecule has 0 bridgehead atoms. The van der Waals surface area contributed by atoms with Gasteiger partial charge in [0, 0.05) is 18.3 Å². The van der Waals surface area contributed by atoms with Crippen molar-refractivity contribution in [1.29, 1.82) is 0 Å². The maximum absolute atomic E-state index is 12.0. The highest BCUT2D eigenvalue weighted by Crippen LogP contribution is 2.22. The maximum Gasteiger partial charge on any atom is 0.319 e. The van der Waals surface area contributed by atoms with Crippen LogP contribution in [0.3, 0.4) is 0 Å². The van der Waals surface area contributed by atoms with Crippen LogP contribution in [0.25, 0.3) is 5.69 Å². The predicted octanol–water partition coefficient (Wildman–Crippen LogP) is 3.20. The molecule has 2 N–H and O–H groups in total. The number of benzene rings is 2. The summed E-state index contributed by atoms with van der Waals surface area (Å²) in [5, 5.41) is 9.87. The second-order valence-electron chi connectivity index (χ2n) is 5.14.